The van der Waals surface area contributed by atoms with Crippen molar-refractivity contribution < 1.29 is 14.3 Å². The van der Waals surface area contributed by atoms with E-state index >= 15 is 0 Å². The lowest BCUT2D eigenvalue weighted by Gasteiger charge is -2.20. The fraction of sp³-hybridized carbons (Fsp3) is 0.923. The van der Waals surface area contributed by atoms with Crippen LogP contribution in [0.5, 0.6) is 0 Å². The van der Waals surface area contributed by atoms with Crippen molar-refractivity contribution in [1.29, 1.82) is 0 Å². The molecule has 0 aromatic carbocycles. The highest BCUT2D eigenvalue weighted by Crippen LogP contribution is 2.18. The zero-order valence-electron chi connectivity index (χ0n) is 11.9. The van der Waals surface area contributed by atoms with Gasteiger partial charge in [-0.1, -0.05) is 0 Å². The average molecular weight is 258 g/mol. The molecule has 0 bridgehead atoms. The number of ether oxygens (including phenoxy) is 2. The molecule has 0 aromatic rings. The van der Waals surface area contributed by atoms with Crippen LogP contribution in [-0.4, -0.2) is 44.0 Å². The third-order valence-corrected chi connectivity index (χ3v) is 2.91. The van der Waals surface area contributed by atoms with Crippen LogP contribution in [0.4, 0.5) is 4.79 Å². The van der Waals surface area contributed by atoms with Gasteiger partial charge in [0.2, 0.25) is 0 Å². The van der Waals surface area contributed by atoms with Gasteiger partial charge in [0.05, 0.1) is 6.10 Å². The zero-order valence-corrected chi connectivity index (χ0v) is 11.9. The number of alkyl carbamates (subject to hydrolysis) is 1. The van der Waals surface area contributed by atoms with E-state index in [-0.39, 0.29) is 6.09 Å². The molecule has 0 spiro atoms. The van der Waals surface area contributed by atoms with Crippen LogP contribution in [0.1, 0.15) is 34.1 Å². The Bertz CT molecular complexity index is 263. The van der Waals surface area contributed by atoms with E-state index < -0.39 is 5.60 Å². The van der Waals surface area contributed by atoms with Gasteiger partial charge in [-0.2, -0.15) is 0 Å². The summed E-state index contributed by atoms with van der Waals surface area (Å²) in [7, 11) is 0. The van der Waals surface area contributed by atoms with Crippen LogP contribution >= 0.6 is 0 Å². The largest absolute Gasteiger partial charge is 0.444 e. The molecule has 1 heterocycles. The maximum absolute atomic E-state index is 11.3. The number of hydrogen-bond acceptors (Lipinski definition) is 4. The van der Waals surface area contributed by atoms with Gasteiger partial charge in [0.1, 0.15) is 5.60 Å². The first-order valence-electron chi connectivity index (χ1n) is 6.67. The first-order valence-corrected chi connectivity index (χ1v) is 6.67. The Hall–Kier alpha value is -0.810. The zero-order chi connectivity index (χ0) is 13.6. The first kappa shape index (κ1) is 15.2. The number of amides is 1. The number of nitrogens with one attached hydrogen (secondary N) is 2. The van der Waals surface area contributed by atoms with E-state index in [1.807, 2.05) is 20.8 Å². The van der Waals surface area contributed by atoms with Crippen LogP contribution in [0.3, 0.4) is 0 Å². The van der Waals surface area contributed by atoms with Crippen molar-refractivity contribution in [2.45, 2.75) is 45.8 Å². The fourth-order valence-corrected chi connectivity index (χ4v) is 1.90. The maximum atomic E-state index is 11.3. The molecule has 1 saturated heterocycles. The van der Waals surface area contributed by atoms with Crippen LogP contribution in [0.15, 0.2) is 0 Å². The monoisotopic (exact) mass is 258 g/mol. The molecule has 1 aliphatic heterocycles. The molecule has 1 amide bonds. The van der Waals surface area contributed by atoms with Gasteiger partial charge in [0, 0.05) is 26.2 Å². The number of rotatable bonds is 5. The van der Waals surface area contributed by atoms with Crippen LogP contribution in [0, 0.1) is 5.92 Å². The predicted molar refractivity (Wildman–Crippen MR) is 70.6 cm³/mol. The molecule has 1 rings (SSSR count). The van der Waals surface area contributed by atoms with Gasteiger partial charge in [0.15, 0.2) is 0 Å². The Labute approximate surface area is 110 Å². The molecule has 2 N–H and O–H groups in total. The second-order valence-electron chi connectivity index (χ2n) is 5.76. The van der Waals surface area contributed by atoms with E-state index in [9.17, 15) is 4.79 Å². The molecule has 0 aliphatic carbocycles. The fourth-order valence-electron chi connectivity index (χ4n) is 1.90. The Morgan fingerprint density at radius 1 is 1.39 bits per heavy atom. The Morgan fingerprint density at radius 3 is 2.67 bits per heavy atom. The summed E-state index contributed by atoms with van der Waals surface area (Å²) in [4.78, 5) is 11.3. The molecular weight excluding hydrogens is 232 g/mol. The quantitative estimate of drug-likeness (QED) is 0.734. The lowest BCUT2D eigenvalue weighted by Crippen LogP contribution is -2.37. The van der Waals surface area contributed by atoms with E-state index in [1.165, 1.54) is 0 Å². The van der Waals surface area contributed by atoms with E-state index in [1.54, 1.807) is 0 Å². The van der Waals surface area contributed by atoms with Gasteiger partial charge >= 0.3 is 6.09 Å². The standard InChI is InChI=1S/C13H26N2O3/c1-10-11(5-8-17-10)9-14-6-7-15-12(16)18-13(2,3)4/h10-11,14H,5-9H2,1-4H3,(H,15,16). The molecule has 0 saturated carbocycles. The van der Waals surface area contributed by atoms with Gasteiger partial charge in [-0.15, -0.1) is 0 Å². The second kappa shape index (κ2) is 6.95. The summed E-state index contributed by atoms with van der Waals surface area (Å²) in [6.45, 7) is 10.8. The Kier molecular flexibility index (Phi) is 5.88. The van der Waals surface area contributed by atoms with E-state index in [0.29, 0.717) is 18.6 Å². The van der Waals surface area contributed by atoms with Crippen molar-refractivity contribution in [1.82, 2.24) is 10.6 Å². The lowest BCUT2D eigenvalue weighted by atomic mass is 10.0. The minimum Gasteiger partial charge on any atom is -0.444 e. The van der Waals surface area contributed by atoms with E-state index in [0.717, 1.165) is 26.1 Å². The molecule has 2 atom stereocenters. The predicted octanol–water partition coefficient (Wildman–Crippen LogP) is 1.53. The topological polar surface area (TPSA) is 59.6 Å². The SMILES string of the molecule is CC1OCCC1CNCCNC(=O)OC(C)(C)C. The van der Waals surface area contributed by atoms with Crippen molar-refractivity contribution in [3.8, 4) is 0 Å². The molecule has 0 radical (unpaired) electrons. The normalized spacial score (nSPS) is 24.0. The molecular formula is C13H26N2O3. The van der Waals surface area contributed by atoms with Crippen LogP contribution < -0.4 is 10.6 Å². The summed E-state index contributed by atoms with van der Waals surface area (Å²) in [6, 6.07) is 0. The highest BCUT2D eigenvalue weighted by molar-refractivity contribution is 5.67. The number of hydrogen-bond donors (Lipinski definition) is 2. The average Bonchev–Trinajstić information content (AvgIpc) is 2.61. The molecule has 1 fully saturated rings. The van der Waals surface area contributed by atoms with Gasteiger partial charge < -0.3 is 20.1 Å². The molecule has 5 heteroatoms. The lowest BCUT2D eigenvalue weighted by molar-refractivity contribution is 0.0528. The second-order valence-corrected chi connectivity index (χ2v) is 5.76. The van der Waals surface area contributed by atoms with Crippen LogP contribution in [0.2, 0.25) is 0 Å². The summed E-state index contributed by atoms with van der Waals surface area (Å²) in [6.07, 6.45) is 1.10. The number of carbonyl (C=O) groups excluding carboxylic acids is 1. The van der Waals surface area contributed by atoms with Crippen LogP contribution in [-0.2, 0) is 9.47 Å². The molecule has 0 aromatic heterocycles. The summed E-state index contributed by atoms with van der Waals surface area (Å²) in [5.41, 5.74) is -0.436. The maximum Gasteiger partial charge on any atom is 0.407 e. The molecule has 18 heavy (non-hydrogen) atoms. The van der Waals surface area contributed by atoms with Gasteiger partial charge in [-0.05, 0) is 40.0 Å². The minimum absolute atomic E-state index is 0.344. The first-order chi connectivity index (χ1) is 8.38. The Morgan fingerprint density at radius 2 is 2.11 bits per heavy atom. The molecule has 106 valence electrons. The minimum atomic E-state index is -0.436. The number of carbonyl (C=O) groups is 1. The Balaban J connectivity index is 2.00. The van der Waals surface area contributed by atoms with E-state index in [4.69, 9.17) is 9.47 Å². The smallest absolute Gasteiger partial charge is 0.407 e. The third-order valence-electron chi connectivity index (χ3n) is 2.91. The van der Waals surface area contributed by atoms with Crippen LogP contribution in [0.25, 0.3) is 0 Å². The van der Waals surface area contributed by atoms with Gasteiger partial charge in [-0.3, -0.25) is 0 Å². The van der Waals surface area contributed by atoms with Gasteiger partial charge in [-0.25, -0.2) is 4.79 Å². The summed E-state index contributed by atoms with van der Waals surface area (Å²) in [5, 5.41) is 6.05. The summed E-state index contributed by atoms with van der Waals surface area (Å²) < 4.78 is 10.6. The highest BCUT2D eigenvalue weighted by atomic mass is 16.6. The molecule has 2 unspecified atom stereocenters. The summed E-state index contributed by atoms with van der Waals surface area (Å²) >= 11 is 0. The molecule has 1 aliphatic rings. The highest BCUT2D eigenvalue weighted by Gasteiger charge is 2.23. The molecule has 5 nitrogen and oxygen atoms in total. The third kappa shape index (κ3) is 6.21. The van der Waals surface area contributed by atoms with Crippen molar-refractivity contribution in [2.24, 2.45) is 5.92 Å². The summed E-state index contributed by atoms with van der Waals surface area (Å²) in [5.74, 6) is 0.589. The van der Waals surface area contributed by atoms with Crippen molar-refractivity contribution in [2.75, 3.05) is 26.2 Å². The van der Waals surface area contributed by atoms with Gasteiger partial charge in [0.25, 0.3) is 0 Å². The van der Waals surface area contributed by atoms with Crippen molar-refractivity contribution in [3.05, 3.63) is 0 Å². The van der Waals surface area contributed by atoms with Crippen molar-refractivity contribution in [3.63, 3.8) is 0 Å². The van der Waals surface area contributed by atoms with E-state index in [2.05, 4.69) is 17.6 Å². The van der Waals surface area contributed by atoms with Crippen molar-refractivity contribution >= 4 is 6.09 Å².